The first-order chi connectivity index (χ1) is 11.1. The van der Waals surface area contributed by atoms with Gasteiger partial charge in [-0.25, -0.2) is 0 Å². The number of nitrogens with one attached hydrogen (secondary N) is 1. The third-order valence-electron chi connectivity index (χ3n) is 4.28. The SMILES string of the molecule is Cc1cc(O)cc(C(=O)NCC2CCN(c3ccccc3)C2)c1. The van der Waals surface area contributed by atoms with Crippen molar-refractivity contribution < 1.29 is 9.90 Å². The molecule has 2 N–H and O–H groups in total. The van der Waals surface area contributed by atoms with Crippen LogP contribution in [0.1, 0.15) is 22.3 Å². The number of hydrogen-bond acceptors (Lipinski definition) is 3. The topological polar surface area (TPSA) is 52.6 Å². The van der Waals surface area contributed by atoms with Crippen molar-refractivity contribution >= 4 is 11.6 Å². The number of carbonyl (C=O) groups is 1. The lowest BCUT2D eigenvalue weighted by molar-refractivity contribution is 0.0948. The Morgan fingerprint density at radius 1 is 1.26 bits per heavy atom. The highest BCUT2D eigenvalue weighted by Gasteiger charge is 2.23. The fourth-order valence-corrected chi connectivity index (χ4v) is 3.11. The molecule has 1 amide bonds. The molecule has 1 unspecified atom stereocenters. The molecule has 2 aromatic carbocycles. The summed E-state index contributed by atoms with van der Waals surface area (Å²) in [6.07, 6.45) is 1.08. The molecule has 0 aliphatic carbocycles. The van der Waals surface area contributed by atoms with E-state index in [1.165, 1.54) is 11.8 Å². The highest BCUT2D eigenvalue weighted by molar-refractivity contribution is 5.94. The number of anilines is 1. The Morgan fingerprint density at radius 2 is 2.04 bits per heavy atom. The highest BCUT2D eigenvalue weighted by atomic mass is 16.3. The molecule has 0 spiro atoms. The molecular formula is C19H22N2O2. The zero-order chi connectivity index (χ0) is 16.2. The van der Waals surface area contributed by atoms with E-state index in [-0.39, 0.29) is 11.7 Å². The molecule has 3 rings (SSSR count). The Morgan fingerprint density at radius 3 is 2.78 bits per heavy atom. The summed E-state index contributed by atoms with van der Waals surface area (Å²) >= 11 is 0. The first-order valence-corrected chi connectivity index (χ1v) is 8.00. The summed E-state index contributed by atoms with van der Waals surface area (Å²) in [6.45, 7) is 4.52. The van der Waals surface area contributed by atoms with Crippen molar-refractivity contribution in [1.29, 1.82) is 0 Å². The van der Waals surface area contributed by atoms with Crippen molar-refractivity contribution in [3.05, 3.63) is 59.7 Å². The van der Waals surface area contributed by atoms with Crippen molar-refractivity contribution in [3.63, 3.8) is 0 Å². The maximum atomic E-state index is 12.2. The quantitative estimate of drug-likeness (QED) is 0.913. The molecule has 1 fully saturated rings. The molecule has 1 aliphatic heterocycles. The molecule has 120 valence electrons. The van der Waals surface area contributed by atoms with E-state index in [1.807, 2.05) is 13.0 Å². The van der Waals surface area contributed by atoms with E-state index >= 15 is 0 Å². The summed E-state index contributed by atoms with van der Waals surface area (Å²) in [5, 5.41) is 12.6. The van der Waals surface area contributed by atoms with Gasteiger partial charge < -0.3 is 15.3 Å². The van der Waals surface area contributed by atoms with Crippen LogP contribution in [-0.2, 0) is 0 Å². The van der Waals surface area contributed by atoms with Crippen molar-refractivity contribution in [2.75, 3.05) is 24.5 Å². The van der Waals surface area contributed by atoms with Crippen molar-refractivity contribution in [2.24, 2.45) is 5.92 Å². The number of carbonyl (C=O) groups excluding carboxylic acids is 1. The van der Waals surface area contributed by atoms with E-state index in [2.05, 4.69) is 34.5 Å². The van der Waals surface area contributed by atoms with Gasteiger partial charge in [-0.1, -0.05) is 18.2 Å². The van der Waals surface area contributed by atoms with Gasteiger partial charge in [0.05, 0.1) is 0 Å². The van der Waals surface area contributed by atoms with E-state index in [0.717, 1.165) is 25.1 Å². The molecule has 0 aromatic heterocycles. The van der Waals surface area contributed by atoms with Gasteiger partial charge >= 0.3 is 0 Å². The van der Waals surface area contributed by atoms with Crippen LogP contribution in [0.3, 0.4) is 0 Å². The second-order valence-corrected chi connectivity index (χ2v) is 6.20. The molecule has 1 atom stereocenters. The smallest absolute Gasteiger partial charge is 0.251 e. The second kappa shape index (κ2) is 6.73. The van der Waals surface area contributed by atoms with E-state index in [0.29, 0.717) is 18.0 Å². The van der Waals surface area contributed by atoms with Gasteiger partial charge in [-0.2, -0.15) is 0 Å². The fourth-order valence-electron chi connectivity index (χ4n) is 3.11. The maximum absolute atomic E-state index is 12.2. The van der Waals surface area contributed by atoms with E-state index < -0.39 is 0 Å². The molecule has 4 heteroatoms. The van der Waals surface area contributed by atoms with Gasteiger partial charge in [0, 0.05) is 30.9 Å². The van der Waals surface area contributed by atoms with Crippen LogP contribution in [0.5, 0.6) is 5.75 Å². The zero-order valence-electron chi connectivity index (χ0n) is 13.3. The number of phenolic OH excluding ortho intramolecular Hbond substituents is 1. The number of para-hydroxylation sites is 1. The average molecular weight is 310 g/mol. The Labute approximate surface area is 136 Å². The first-order valence-electron chi connectivity index (χ1n) is 8.00. The van der Waals surface area contributed by atoms with Crippen LogP contribution in [0, 0.1) is 12.8 Å². The van der Waals surface area contributed by atoms with Gasteiger partial charge in [0.15, 0.2) is 0 Å². The van der Waals surface area contributed by atoms with Crippen LogP contribution in [0.15, 0.2) is 48.5 Å². The van der Waals surface area contributed by atoms with Crippen LogP contribution in [0.4, 0.5) is 5.69 Å². The van der Waals surface area contributed by atoms with Crippen LogP contribution < -0.4 is 10.2 Å². The summed E-state index contributed by atoms with van der Waals surface area (Å²) in [5.41, 5.74) is 2.64. The minimum Gasteiger partial charge on any atom is -0.508 e. The molecule has 23 heavy (non-hydrogen) atoms. The van der Waals surface area contributed by atoms with Crippen molar-refractivity contribution in [3.8, 4) is 5.75 Å². The average Bonchev–Trinajstić information content (AvgIpc) is 3.01. The number of benzene rings is 2. The summed E-state index contributed by atoms with van der Waals surface area (Å²) < 4.78 is 0. The standard InChI is InChI=1S/C19H22N2O2/c1-14-9-16(11-18(22)10-14)19(23)20-12-15-7-8-21(13-15)17-5-3-2-4-6-17/h2-6,9-11,15,22H,7-8,12-13H2,1H3,(H,20,23). The van der Waals surface area contributed by atoms with Gasteiger partial charge in [-0.3, -0.25) is 4.79 Å². The van der Waals surface area contributed by atoms with E-state index in [9.17, 15) is 9.90 Å². The summed E-state index contributed by atoms with van der Waals surface area (Å²) in [6, 6.07) is 15.3. The Hall–Kier alpha value is -2.49. The molecule has 0 radical (unpaired) electrons. The Bertz CT molecular complexity index is 665. The van der Waals surface area contributed by atoms with Crippen LogP contribution >= 0.6 is 0 Å². The fraction of sp³-hybridized carbons (Fsp3) is 0.316. The lowest BCUT2D eigenvalue weighted by Gasteiger charge is -2.18. The van der Waals surface area contributed by atoms with Gasteiger partial charge in [0.2, 0.25) is 0 Å². The maximum Gasteiger partial charge on any atom is 0.251 e. The highest BCUT2D eigenvalue weighted by Crippen LogP contribution is 2.23. The van der Waals surface area contributed by atoms with Gasteiger partial charge in [-0.05, 0) is 55.2 Å². The lowest BCUT2D eigenvalue weighted by atomic mass is 10.1. The zero-order valence-corrected chi connectivity index (χ0v) is 13.3. The number of hydrogen-bond donors (Lipinski definition) is 2. The van der Waals surface area contributed by atoms with Crippen LogP contribution in [0.2, 0.25) is 0 Å². The summed E-state index contributed by atoms with van der Waals surface area (Å²) in [7, 11) is 0. The largest absolute Gasteiger partial charge is 0.508 e. The third kappa shape index (κ3) is 3.83. The molecule has 0 bridgehead atoms. The predicted molar refractivity (Wildman–Crippen MR) is 91.9 cm³/mol. The van der Waals surface area contributed by atoms with Gasteiger partial charge in [-0.15, -0.1) is 0 Å². The number of phenols is 1. The second-order valence-electron chi connectivity index (χ2n) is 6.20. The Balaban J connectivity index is 1.54. The molecule has 1 aliphatic rings. The number of aromatic hydroxyl groups is 1. The molecule has 0 saturated carbocycles. The minimum atomic E-state index is -0.123. The normalized spacial score (nSPS) is 17.3. The van der Waals surface area contributed by atoms with Crippen LogP contribution in [-0.4, -0.2) is 30.6 Å². The Kier molecular flexibility index (Phi) is 4.51. The molecule has 1 saturated heterocycles. The van der Waals surface area contributed by atoms with Gasteiger partial charge in [0.1, 0.15) is 5.75 Å². The number of amides is 1. The molecule has 1 heterocycles. The monoisotopic (exact) mass is 310 g/mol. The third-order valence-corrected chi connectivity index (χ3v) is 4.28. The number of aryl methyl sites for hydroxylation is 1. The van der Waals surface area contributed by atoms with Crippen molar-refractivity contribution in [2.45, 2.75) is 13.3 Å². The predicted octanol–water partition coefficient (Wildman–Crippen LogP) is 2.96. The first kappa shape index (κ1) is 15.4. The number of rotatable bonds is 4. The van der Waals surface area contributed by atoms with E-state index in [1.54, 1.807) is 12.1 Å². The molecule has 2 aromatic rings. The van der Waals surface area contributed by atoms with Gasteiger partial charge in [0.25, 0.3) is 5.91 Å². The molecule has 4 nitrogen and oxygen atoms in total. The summed E-state index contributed by atoms with van der Waals surface area (Å²) in [5.74, 6) is 0.464. The summed E-state index contributed by atoms with van der Waals surface area (Å²) in [4.78, 5) is 14.6. The van der Waals surface area contributed by atoms with Crippen LogP contribution in [0.25, 0.3) is 0 Å². The lowest BCUT2D eigenvalue weighted by Crippen LogP contribution is -2.31. The van der Waals surface area contributed by atoms with E-state index in [4.69, 9.17) is 0 Å². The van der Waals surface area contributed by atoms with Crippen molar-refractivity contribution in [1.82, 2.24) is 5.32 Å². The molecular weight excluding hydrogens is 288 g/mol. The minimum absolute atomic E-state index is 0.123. The number of nitrogens with zero attached hydrogens (tertiary/aromatic N) is 1.